The van der Waals surface area contributed by atoms with Crippen LogP contribution in [0.5, 0.6) is 0 Å². The smallest absolute Gasteiger partial charge is 0.123 e. The molecule has 0 aromatic heterocycles. The van der Waals surface area contributed by atoms with Crippen LogP contribution in [0.1, 0.15) is 58.1 Å². The molecule has 0 amide bonds. The lowest BCUT2D eigenvalue weighted by atomic mass is 10.0. The van der Waals surface area contributed by atoms with Gasteiger partial charge in [-0.3, -0.25) is 0 Å². The Kier molecular flexibility index (Phi) is 5.03. The third kappa shape index (κ3) is 3.51. The van der Waals surface area contributed by atoms with Crippen molar-refractivity contribution in [2.45, 2.75) is 58.6 Å². The number of hydrogen-bond acceptors (Lipinski definition) is 2. The van der Waals surface area contributed by atoms with E-state index in [9.17, 15) is 9.50 Å². The Balaban J connectivity index is 2.36. The van der Waals surface area contributed by atoms with Crippen LogP contribution in [0.3, 0.4) is 0 Å². The lowest BCUT2D eigenvalue weighted by Crippen LogP contribution is -2.37. The topological polar surface area (TPSA) is 23.5 Å². The molecule has 1 atom stereocenters. The summed E-state index contributed by atoms with van der Waals surface area (Å²) in [5.74, 6) is 0.267. The van der Waals surface area contributed by atoms with Crippen molar-refractivity contribution in [1.29, 1.82) is 0 Å². The van der Waals surface area contributed by atoms with Gasteiger partial charge in [-0.2, -0.15) is 0 Å². The van der Waals surface area contributed by atoms with Crippen LogP contribution in [-0.2, 0) is 0 Å². The van der Waals surface area contributed by atoms with Gasteiger partial charge in [-0.05, 0) is 43.9 Å². The molecule has 1 aromatic carbocycles. The van der Waals surface area contributed by atoms with E-state index in [0.29, 0.717) is 17.5 Å². The maximum atomic E-state index is 13.5. The Morgan fingerprint density at radius 1 is 1.25 bits per heavy atom. The molecule has 1 aliphatic rings. The highest BCUT2D eigenvalue weighted by Gasteiger charge is 2.26. The summed E-state index contributed by atoms with van der Waals surface area (Å²) in [6.07, 6.45) is 4.29. The van der Waals surface area contributed by atoms with Crippen LogP contribution in [0.4, 0.5) is 10.1 Å². The summed E-state index contributed by atoms with van der Waals surface area (Å²) in [6, 6.07) is 5.34. The molecule has 1 fully saturated rings. The first-order valence-corrected chi connectivity index (χ1v) is 7.73. The molecule has 0 bridgehead atoms. The Hall–Kier alpha value is -1.09. The van der Waals surface area contributed by atoms with E-state index in [0.717, 1.165) is 12.2 Å². The van der Waals surface area contributed by atoms with E-state index in [1.54, 1.807) is 6.92 Å². The average Bonchev–Trinajstić information content (AvgIpc) is 2.89. The molecule has 2 rings (SSSR count). The van der Waals surface area contributed by atoms with Crippen molar-refractivity contribution in [3.05, 3.63) is 29.6 Å². The molecule has 1 saturated carbocycles. The summed E-state index contributed by atoms with van der Waals surface area (Å²) < 4.78 is 13.5. The Morgan fingerprint density at radius 2 is 1.90 bits per heavy atom. The molecule has 2 nitrogen and oxygen atoms in total. The fraction of sp³-hybridized carbons (Fsp3) is 0.647. The van der Waals surface area contributed by atoms with Crippen LogP contribution < -0.4 is 4.90 Å². The van der Waals surface area contributed by atoms with Crippen molar-refractivity contribution >= 4 is 5.69 Å². The number of nitrogens with zero attached hydrogens (tertiary/aromatic N) is 1. The first kappa shape index (κ1) is 15.3. The number of halogens is 1. The molecule has 1 aromatic rings. The maximum absolute atomic E-state index is 13.5. The molecule has 0 aliphatic heterocycles. The molecule has 0 heterocycles. The SMILES string of the molecule is CC(C)CN(c1ccc(F)cc1[C@H](C)O)C1CCCC1. The largest absolute Gasteiger partial charge is 0.389 e. The summed E-state index contributed by atoms with van der Waals surface area (Å²) in [6.45, 7) is 7.07. The highest BCUT2D eigenvalue weighted by atomic mass is 19.1. The zero-order valence-corrected chi connectivity index (χ0v) is 12.8. The lowest BCUT2D eigenvalue weighted by molar-refractivity contribution is 0.199. The zero-order valence-electron chi connectivity index (χ0n) is 12.8. The van der Waals surface area contributed by atoms with Crippen LogP contribution in [0.2, 0.25) is 0 Å². The standard InChI is InChI=1S/C17H26FNO/c1-12(2)11-19(15-6-4-5-7-15)17-9-8-14(18)10-16(17)13(3)20/h8-10,12-13,15,20H,4-7,11H2,1-3H3/t13-/m0/s1. The van der Waals surface area contributed by atoms with Crippen molar-refractivity contribution < 1.29 is 9.50 Å². The predicted octanol–water partition coefficient (Wildman–Crippen LogP) is 4.28. The second kappa shape index (κ2) is 6.57. The molecule has 1 aliphatic carbocycles. The summed E-state index contributed by atoms with van der Waals surface area (Å²) >= 11 is 0. The minimum absolute atomic E-state index is 0.277. The van der Waals surface area contributed by atoms with E-state index in [1.807, 2.05) is 6.07 Å². The van der Waals surface area contributed by atoms with Crippen molar-refractivity contribution in [3.8, 4) is 0 Å². The van der Waals surface area contributed by atoms with Gasteiger partial charge < -0.3 is 10.0 Å². The lowest BCUT2D eigenvalue weighted by Gasteiger charge is -2.35. The normalized spacial score (nSPS) is 17.7. The minimum atomic E-state index is -0.642. The van der Waals surface area contributed by atoms with Crippen LogP contribution in [0, 0.1) is 11.7 Å². The van der Waals surface area contributed by atoms with Gasteiger partial charge in [0.15, 0.2) is 0 Å². The maximum Gasteiger partial charge on any atom is 0.123 e. The van der Waals surface area contributed by atoms with E-state index >= 15 is 0 Å². The van der Waals surface area contributed by atoms with Crippen LogP contribution in [-0.4, -0.2) is 17.7 Å². The number of aliphatic hydroxyl groups is 1. The van der Waals surface area contributed by atoms with E-state index in [2.05, 4.69) is 18.7 Å². The summed E-state index contributed by atoms with van der Waals surface area (Å²) in [7, 11) is 0. The van der Waals surface area contributed by atoms with Gasteiger partial charge in [-0.15, -0.1) is 0 Å². The molecule has 112 valence electrons. The molecular formula is C17H26FNO. The molecule has 3 heteroatoms. The third-order valence-corrected chi connectivity index (χ3v) is 4.08. The predicted molar refractivity (Wildman–Crippen MR) is 81.5 cm³/mol. The molecule has 0 unspecified atom stereocenters. The summed E-state index contributed by atoms with van der Waals surface area (Å²) in [4.78, 5) is 2.39. The third-order valence-electron chi connectivity index (χ3n) is 4.08. The number of hydrogen-bond donors (Lipinski definition) is 1. The Bertz CT molecular complexity index is 439. The van der Waals surface area contributed by atoms with Crippen LogP contribution in [0.25, 0.3) is 0 Å². The Labute approximate surface area is 121 Å². The van der Waals surface area contributed by atoms with Crippen LogP contribution >= 0.6 is 0 Å². The monoisotopic (exact) mass is 279 g/mol. The number of benzene rings is 1. The quantitative estimate of drug-likeness (QED) is 0.869. The van der Waals surface area contributed by atoms with Gasteiger partial charge in [-0.25, -0.2) is 4.39 Å². The number of aliphatic hydroxyl groups excluding tert-OH is 1. The fourth-order valence-electron chi connectivity index (χ4n) is 3.18. The fourth-order valence-corrected chi connectivity index (χ4v) is 3.18. The van der Waals surface area contributed by atoms with Crippen molar-refractivity contribution in [2.75, 3.05) is 11.4 Å². The average molecular weight is 279 g/mol. The molecule has 0 radical (unpaired) electrons. The van der Waals surface area contributed by atoms with E-state index in [1.165, 1.54) is 37.8 Å². The first-order valence-electron chi connectivity index (χ1n) is 7.73. The molecule has 0 spiro atoms. The number of rotatable bonds is 5. The molecule has 1 N–H and O–H groups in total. The minimum Gasteiger partial charge on any atom is -0.389 e. The Morgan fingerprint density at radius 3 is 2.45 bits per heavy atom. The van der Waals surface area contributed by atoms with E-state index in [4.69, 9.17) is 0 Å². The number of anilines is 1. The van der Waals surface area contributed by atoms with E-state index in [-0.39, 0.29) is 5.82 Å². The first-order chi connectivity index (χ1) is 9.49. The second-order valence-electron chi connectivity index (χ2n) is 6.36. The highest BCUT2D eigenvalue weighted by molar-refractivity contribution is 5.55. The van der Waals surface area contributed by atoms with Crippen LogP contribution in [0.15, 0.2) is 18.2 Å². The molecular weight excluding hydrogens is 253 g/mol. The van der Waals surface area contributed by atoms with Gasteiger partial charge in [0.2, 0.25) is 0 Å². The van der Waals surface area contributed by atoms with Gasteiger partial charge >= 0.3 is 0 Å². The zero-order chi connectivity index (χ0) is 14.7. The summed E-state index contributed by atoms with van der Waals surface area (Å²) in [5, 5.41) is 9.96. The van der Waals surface area contributed by atoms with Crippen molar-refractivity contribution in [2.24, 2.45) is 5.92 Å². The van der Waals surface area contributed by atoms with Gasteiger partial charge in [0.25, 0.3) is 0 Å². The second-order valence-corrected chi connectivity index (χ2v) is 6.36. The van der Waals surface area contributed by atoms with Crippen molar-refractivity contribution in [1.82, 2.24) is 0 Å². The summed E-state index contributed by atoms with van der Waals surface area (Å²) in [5.41, 5.74) is 1.71. The molecule has 0 saturated heterocycles. The van der Waals surface area contributed by atoms with E-state index < -0.39 is 6.10 Å². The van der Waals surface area contributed by atoms with Crippen molar-refractivity contribution in [3.63, 3.8) is 0 Å². The highest BCUT2D eigenvalue weighted by Crippen LogP contribution is 2.34. The van der Waals surface area contributed by atoms with Gasteiger partial charge in [0.1, 0.15) is 5.82 Å². The van der Waals surface area contributed by atoms with Gasteiger partial charge in [0, 0.05) is 23.8 Å². The van der Waals surface area contributed by atoms with Gasteiger partial charge in [-0.1, -0.05) is 26.7 Å². The molecule has 20 heavy (non-hydrogen) atoms. The van der Waals surface area contributed by atoms with Gasteiger partial charge in [0.05, 0.1) is 6.10 Å².